The van der Waals surface area contributed by atoms with Gasteiger partial charge >= 0.3 is 0 Å². The number of hydrogen-bond donors (Lipinski definition) is 0. The van der Waals surface area contributed by atoms with Crippen molar-refractivity contribution in [1.82, 2.24) is 5.01 Å². The Balaban J connectivity index is 0.00000151. The second kappa shape index (κ2) is 13.1. The highest BCUT2D eigenvalue weighted by molar-refractivity contribution is 5.56. The summed E-state index contributed by atoms with van der Waals surface area (Å²) >= 11 is 0. The summed E-state index contributed by atoms with van der Waals surface area (Å²) < 4.78 is 5.92. The third kappa shape index (κ3) is 8.39. The maximum absolute atomic E-state index is 5.92. The van der Waals surface area contributed by atoms with Crippen LogP contribution in [0.3, 0.4) is 0 Å². The zero-order valence-electron chi connectivity index (χ0n) is 16.1. The summed E-state index contributed by atoms with van der Waals surface area (Å²) in [5, 5.41) is 6.53. The van der Waals surface area contributed by atoms with Crippen LogP contribution in [0.1, 0.15) is 46.1 Å². The molecule has 1 aliphatic carbocycles. The first-order chi connectivity index (χ1) is 12.3. The molecule has 3 nitrogen and oxygen atoms in total. The Morgan fingerprint density at radius 2 is 1.88 bits per heavy atom. The van der Waals surface area contributed by atoms with Crippen molar-refractivity contribution in [3.05, 3.63) is 71.5 Å². The average Bonchev–Trinajstić information content (AvgIpc) is 2.91. The van der Waals surface area contributed by atoms with Crippen LogP contribution in [-0.4, -0.2) is 24.3 Å². The van der Waals surface area contributed by atoms with E-state index in [-0.39, 0.29) is 0 Å². The molecule has 3 heteroatoms. The predicted molar refractivity (Wildman–Crippen MR) is 109 cm³/mol. The van der Waals surface area contributed by atoms with Crippen molar-refractivity contribution >= 4 is 6.21 Å². The normalized spacial score (nSPS) is 13.4. The molecular formula is C22H32N2O. The van der Waals surface area contributed by atoms with Crippen molar-refractivity contribution in [3.8, 4) is 0 Å². The van der Waals surface area contributed by atoms with E-state index in [2.05, 4.69) is 60.4 Å². The molecule has 2 rings (SSSR count). The lowest BCUT2D eigenvalue weighted by molar-refractivity contribution is 0.194. The van der Waals surface area contributed by atoms with Crippen LogP contribution in [0.25, 0.3) is 0 Å². The monoisotopic (exact) mass is 340 g/mol. The van der Waals surface area contributed by atoms with Gasteiger partial charge < -0.3 is 4.74 Å². The summed E-state index contributed by atoms with van der Waals surface area (Å²) in [4.78, 5) is 0. The van der Waals surface area contributed by atoms with Crippen LogP contribution >= 0.6 is 0 Å². The van der Waals surface area contributed by atoms with E-state index >= 15 is 0 Å². The van der Waals surface area contributed by atoms with E-state index in [9.17, 15) is 0 Å². The molecule has 0 N–H and O–H groups in total. The van der Waals surface area contributed by atoms with Crippen LogP contribution in [0.15, 0.2) is 71.1 Å². The van der Waals surface area contributed by atoms with Crippen LogP contribution < -0.4 is 0 Å². The molecule has 0 radical (unpaired) electrons. The second-order valence-corrected chi connectivity index (χ2v) is 5.44. The van der Waals surface area contributed by atoms with Gasteiger partial charge in [0, 0.05) is 19.2 Å². The summed E-state index contributed by atoms with van der Waals surface area (Å²) in [5.74, 6) is 1.00. The average molecular weight is 341 g/mol. The van der Waals surface area contributed by atoms with E-state index in [0.717, 1.165) is 31.7 Å². The molecule has 1 aromatic carbocycles. The van der Waals surface area contributed by atoms with E-state index < -0.39 is 0 Å². The first-order valence-electron chi connectivity index (χ1n) is 9.32. The van der Waals surface area contributed by atoms with Crippen LogP contribution in [0, 0.1) is 0 Å². The van der Waals surface area contributed by atoms with Gasteiger partial charge in [0.05, 0.1) is 6.54 Å². The van der Waals surface area contributed by atoms with Gasteiger partial charge in [-0.1, -0.05) is 69.3 Å². The highest BCUT2D eigenvalue weighted by Gasteiger charge is 2.04. The first kappa shape index (κ1) is 20.8. The number of benzene rings is 1. The van der Waals surface area contributed by atoms with Crippen molar-refractivity contribution in [2.45, 2.75) is 47.1 Å². The minimum absolute atomic E-state index is 0.617. The van der Waals surface area contributed by atoms with E-state index in [1.165, 1.54) is 11.1 Å². The van der Waals surface area contributed by atoms with Crippen molar-refractivity contribution in [1.29, 1.82) is 0 Å². The molecule has 25 heavy (non-hydrogen) atoms. The van der Waals surface area contributed by atoms with Gasteiger partial charge in [-0.05, 0) is 30.6 Å². The molecule has 0 saturated heterocycles. The third-order valence-corrected chi connectivity index (χ3v) is 3.56. The molecule has 136 valence electrons. The van der Waals surface area contributed by atoms with Crippen LogP contribution in [0.5, 0.6) is 0 Å². The van der Waals surface area contributed by atoms with Gasteiger partial charge in [0.25, 0.3) is 0 Å². The highest BCUT2D eigenvalue weighted by atomic mass is 16.5. The Labute approximate surface area is 153 Å². The predicted octanol–water partition coefficient (Wildman–Crippen LogP) is 5.72. The zero-order chi connectivity index (χ0) is 18.3. The van der Waals surface area contributed by atoms with Gasteiger partial charge in [0.2, 0.25) is 0 Å². The SMILES string of the molecule is CC.CC/C=N\N(CC)CC1=CC=C(OCc2ccccc2)CC=C1. The molecule has 1 aliphatic rings. The largest absolute Gasteiger partial charge is 0.493 e. The maximum Gasteiger partial charge on any atom is 0.113 e. The van der Waals surface area contributed by atoms with E-state index in [0.29, 0.717) is 6.61 Å². The molecule has 0 spiro atoms. The number of ether oxygens (including phenoxy) is 1. The second-order valence-electron chi connectivity index (χ2n) is 5.44. The summed E-state index contributed by atoms with van der Waals surface area (Å²) in [5.41, 5.74) is 2.44. The zero-order valence-corrected chi connectivity index (χ0v) is 16.1. The number of hydrogen-bond acceptors (Lipinski definition) is 3. The van der Waals surface area contributed by atoms with Crippen molar-refractivity contribution in [2.24, 2.45) is 5.10 Å². The van der Waals surface area contributed by atoms with E-state index in [4.69, 9.17) is 4.74 Å². The van der Waals surface area contributed by atoms with E-state index in [1.54, 1.807) is 0 Å². The maximum atomic E-state index is 5.92. The molecule has 0 saturated carbocycles. The summed E-state index contributed by atoms with van der Waals surface area (Å²) in [6, 6.07) is 10.3. The van der Waals surface area contributed by atoms with Crippen LogP contribution in [0.2, 0.25) is 0 Å². The fraction of sp³-hybridized carbons (Fsp3) is 0.409. The number of likely N-dealkylation sites (N-methyl/N-ethyl adjacent to an activating group) is 1. The number of hydrazone groups is 1. The molecule has 0 unspecified atom stereocenters. The number of rotatable bonds is 8. The Morgan fingerprint density at radius 3 is 2.56 bits per heavy atom. The molecular weight excluding hydrogens is 308 g/mol. The summed E-state index contributed by atoms with van der Waals surface area (Å²) in [6.45, 7) is 10.6. The highest BCUT2D eigenvalue weighted by Crippen LogP contribution is 2.15. The smallest absolute Gasteiger partial charge is 0.113 e. The molecule has 1 aromatic rings. The fourth-order valence-corrected chi connectivity index (χ4v) is 2.25. The van der Waals surface area contributed by atoms with Gasteiger partial charge in [0.1, 0.15) is 12.4 Å². The molecule has 0 aromatic heterocycles. The molecule has 0 bridgehead atoms. The van der Waals surface area contributed by atoms with Gasteiger partial charge in [-0.25, -0.2) is 0 Å². The lowest BCUT2D eigenvalue weighted by Gasteiger charge is -2.17. The molecule has 0 atom stereocenters. The fourth-order valence-electron chi connectivity index (χ4n) is 2.25. The van der Waals surface area contributed by atoms with Crippen LogP contribution in [-0.2, 0) is 11.3 Å². The molecule has 0 fully saturated rings. The quantitative estimate of drug-likeness (QED) is 0.447. The summed E-state index contributed by atoms with van der Waals surface area (Å²) in [7, 11) is 0. The van der Waals surface area contributed by atoms with Crippen LogP contribution in [0.4, 0.5) is 0 Å². The molecule has 0 aliphatic heterocycles. The van der Waals surface area contributed by atoms with Gasteiger partial charge in [-0.15, -0.1) is 0 Å². The van der Waals surface area contributed by atoms with Gasteiger partial charge in [0.15, 0.2) is 0 Å². The lowest BCUT2D eigenvalue weighted by atomic mass is 10.2. The minimum atomic E-state index is 0.617. The number of allylic oxidation sites excluding steroid dienone is 3. The molecule has 0 amide bonds. The first-order valence-corrected chi connectivity index (χ1v) is 9.32. The third-order valence-electron chi connectivity index (χ3n) is 3.56. The Morgan fingerprint density at radius 1 is 1.12 bits per heavy atom. The van der Waals surface area contributed by atoms with Gasteiger partial charge in [-0.2, -0.15) is 5.10 Å². The standard InChI is InChI=1S/C20H26N2O.C2H6/c1-3-15-21-22(4-2)16-18-11-8-12-20(14-13-18)23-17-19-9-6-5-7-10-19;1-2/h5-11,13-15H,3-4,12,16-17H2,1-2H3;1-2H3/b21-15-;. The number of nitrogens with zero attached hydrogens (tertiary/aromatic N) is 2. The van der Waals surface area contributed by atoms with Crippen molar-refractivity contribution < 1.29 is 4.74 Å². The van der Waals surface area contributed by atoms with Crippen molar-refractivity contribution in [3.63, 3.8) is 0 Å². The van der Waals surface area contributed by atoms with Crippen molar-refractivity contribution in [2.75, 3.05) is 13.1 Å². The lowest BCUT2D eigenvalue weighted by Crippen LogP contribution is -2.19. The Kier molecular flexibility index (Phi) is 10.8. The Bertz CT molecular complexity index is 585. The summed E-state index contributed by atoms with van der Waals surface area (Å²) in [6.07, 6.45) is 12.3. The minimum Gasteiger partial charge on any atom is -0.493 e. The topological polar surface area (TPSA) is 24.8 Å². The van der Waals surface area contributed by atoms with Gasteiger partial charge in [-0.3, -0.25) is 5.01 Å². The Hall–Kier alpha value is -2.29. The molecule has 0 heterocycles. The van der Waals surface area contributed by atoms with E-state index in [1.807, 2.05) is 38.3 Å².